The van der Waals surface area contributed by atoms with Crippen LogP contribution in [-0.4, -0.2) is 15.6 Å². The van der Waals surface area contributed by atoms with Crippen molar-refractivity contribution in [3.63, 3.8) is 0 Å². The second kappa shape index (κ2) is 9.42. The van der Waals surface area contributed by atoms with Gasteiger partial charge in [-0.2, -0.15) is 0 Å². The number of fused-ring (bicyclic) bond motifs is 1. The first kappa shape index (κ1) is 21.9. The zero-order valence-corrected chi connectivity index (χ0v) is 18.7. The topological polar surface area (TPSA) is 73.2 Å². The summed E-state index contributed by atoms with van der Waals surface area (Å²) in [5, 5.41) is 3.92. The van der Waals surface area contributed by atoms with Crippen molar-refractivity contribution in [1.82, 2.24) is 9.55 Å². The molecule has 1 heterocycles. The minimum atomic E-state index is -0.607. The number of aryl methyl sites for hydroxylation is 1. The molecule has 0 spiro atoms. The van der Waals surface area contributed by atoms with Gasteiger partial charge in [0.25, 0.3) is 5.56 Å². The van der Waals surface area contributed by atoms with Gasteiger partial charge in [-0.3, -0.25) is 14.7 Å². The second-order valence-corrected chi connectivity index (χ2v) is 8.03. The van der Waals surface area contributed by atoms with Crippen LogP contribution in [0.3, 0.4) is 0 Å². The minimum absolute atomic E-state index is 0.150. The number of anilines is 1. The van der Waals surface area contributed by atoms with E-state index in [0.717, 1.165) is 11.1 Å². The summed E-state index contributed by atoms with van der Waals surface area (Å²) in [6, 6.07) is 19.6. The van der Waals surface area contributed by atoms with Crippen LogP contribution in [0.25, 0.3) is 10.9 Å². The van der Waals surface area contributed by atoms with Crippen molar-refractivity contribution < 1.29 is 9.53 Å². The summed E-state index contributed by atoms with van der Waals surface area (Å²) >= 11 is 12.1. The average Bonchev–Trinajstić information content (AvgIpc) is 2.79. The summed E-state index contributed by atoms with van der Waals surface area (Å²) in [7, 11) is 0. The molecule has 3 aromatic carbocycles. The van der Waals surface area contributed by atoms with Crippen LogP contribution in [0.2, 0.25) is 10.0 Å². The van der Waals surface area contributed by atoms with Crippen molar-refractivity contribution >= 4 is 45.9 Å². The number of rotatable bonds is 5. The predicted octanol–water partition coefficient (Wildman–Crippen LogP) is 5.81. The minimum Gasteiger partial charge on any atom is -0.444 e. The van der Waals surface area contributed by atoms with Crippen LogP contribution in [0, 0.1) is 6.92 Å². The van der Waals surface area contributed by atoms with E-state index in [1.807, 2.05) is 36.4 Å². The van der Waals surface area contributed by atoms with Crippen molar-refractivity contribution in [2.24, 2.45) is 0 Å². The average molecular weight is 468 g/mol. The number of ether oxygens (including phenoxy) is 1. The van der Waals surface area contributed by atoms with E-state index in [1.165, 1.54) is 0 Å². The Balaban J connectivity index is 1.56. The first-order valence-electron chi connectivity index (χ1n) is 9.83. The van der Waals surface area contributed by atoms with E-state index in [2.05, 4.69) is 10.3 Å². The van der Waals surface area contributed by atoms with Crippen molar-refractivity contribution in [2.75, 3.05) is 5.32 Å². The van der Waals surface area contributed by atoms with Gasteiger partial charge in [-0.1, -0.05) is 59.6 Å². The van der Waals surface area contributed by atoms with E-state index in [0.29, 0.717) is 39.0 Å². The number of benzene rings is 3. The van der Waals surface area contributed by atoms with Crippen molar-refractivity contribution in [1.29, 1.82) is 0 Å². The lowest BCUT2D eigenvalue weighted by Gasteiger charge is -2.12. The number of hydrogen-bond donors (Lipinski definition) is 1. The van der Waals surface area contributed by atoms with Crippen LogP contribution in [0.15, 0.2) is 71.5 Å². The van der Waals surface area contributed by atoms with Gasteiger partial charge >= 0.3 is 6.09 Å². The molecule has 0 bridgehead atoms. The van der Waals surface area contributed by atoms with Gasteiger partial charge in [0.1, 0.15) is 12.4 Å². The molecule has 0 saturated carbocycles. The van der Waals surface area contributed by atoms with Crippen molar-refractivity contribution in [3.8, 4) is 0 Å². The third kappa shape index (κ3) is 4.93. The molecule has 32 heavy (non-hydrogen) atoms. The van der Waals surface area contributed by atoms with E-state index in [-0.39, 0.29) is 12.2 Å². The Morgan fingerprint density at radius 1 is 1.00 bits per heavy atom. The van der Waals surface area contributed by atoms with Crippen LogP contribution in [0.1, 0.15) is 17.0 Å². The summed E-state index contributed by atoms with van der Waals surface area (Å²) in [6.45, 7) is 2.21. The summed E-state index contributed by atoms with van der Waals surface area (Å²) in [6.07, 6.45) is -0.607. The Kier molecular flexibility index (Phi) is 6.44. The van der Waals surface area contributed by atoms with Crippen molar-refractivity contribution in [3.05, 3.63) is 104 Å². The molecule has 0 atom stereocenters. The van der Waals surface area contributed by atoms with E-state index < -0.39 is 6.09 Å². The number of nitrogens with one attached hydrogen (secondary N) is 1. The maximum Gasteiger partial charge on any atom is 0.411 e. The molecule has 0 aliphatic heterocycles. The van der Waals surface area contributed by atoms with E-state index >= 15 is 0 Å². The van der Waals surface area contributed by atoms with Gasteiger partial charge in [0.15, 0.2) is 0 Å². The Morgan fingerprint density at radius 2 is 1.78 bits per heavy atom. The molecule has 6 nitrogen and oxygen atoms in total. The molecule has 0 aliphatic carbocycles. The molecule has 0 unspecified atom stereocenters. The molecular formula is C24H19Cl2N3O3. The lowest BCUT2D eigenvalue weighted by atomic mass is 10.2. The Hall–Kier alpha value is -3.35. The summed E-state index contributed by atoms with van der Waals surface area (Å²) < 4.78 is 6.80. The molecule has 1 N–H and O–H groups in total. The highest BCUT2D eigenvalue weighted by Gasteiger charge is 2.12. The summed E-state index contributed by atoms with van der Waals surface area (Å²) in [5.41, 5.74) is 2.47. The number of hydrogen-bond acceptors (Lipinski definition) is 4. The van der Waals surface area contributed by atoms with Gasteiger partial charge in [-0.25, -0.2) is 9.78 Å². The summed E-state index contributed by atoms with van der Waals surface area (Å²) in [5.74, 6) is 0.566. The van der Waals surface area contributed by atoms with Gasteiger partial charge in [-0.05, 0) is 48.4 Å². The highest BCUT2D eigenvalue weighted by Crippen LogP contribution is 2.23. The maximum absolute atomic E-state index is 13.2. The van der Waals surface area contributed by atoms with Gasteiger partial charge in [0, 0.05) is 5.69 Å². The van der Waals surface area contributed by atoms with Crippen LogP contribution < -0.4 is 10.9 Å². The van der Waals surface area contributed by atoms with E-state index in [1.54, 1.807) is 41.8 Å². The number of nitrogens with zero attached hydrogens (tertiary/aromatic N) is 2. The smallest absolute Gasteiger partial charge is 0.411 e. The van der Waals surface area contributed by atoms with Crippen LogP contribution in [0.5, 0.6) is 0 Å². The standard InChI is InChI=1S/C24H19Cl2N3O3/c1-15-27-22-10-8-18(28-24(31)32-14-16-5-3-2-4-6-16)12-19(22)23(30)29(15)13-17-7-9-20(25)21(26)11-17/h2-12H,13-14H2,1H3,(H,28,31). The second-order valence-electron chi connectivity index (χ2n) is 7.22. The number of amides is 1. The normalized spacial score (nSPS) is 10.8. The number of halogens is 2. The maximum atomic E-state index is 13.2. The number of carbonyl (C=O) groups excluding carboxylic acids is 1. The van der Waals surface area contributed by atoms with E-state index in [4.69, 9.17) is 27.9 Å². The number of aromatic nitrogens is 2. The molecule has 0 fully saturated rings. The highest BCUT2D eigenvalue weighted by atomic mass is 35.5. The molecule has 4 rings (SSSR count). The molecule has 4 aromatic rings. The van der Waals surface area contributed by atoms with E-state index in [9.17, 15) is 9.59 Å². The van der Waals surface area contributed by atoms with Gasteiger partial charge in [0.05, 0.1) is 27.5 Å². The lowest BCUT2D eigenvalue weighted by molar-refractivity contribution is 0.155. The quantitative estimate of drug-likeness (QED) is 0.401. The number of carbonyl (C=O) groups is 1. The SMILES string of the molecule is Cc1nc2ccc(NC(=O)OCc3ccccc3)cc2c(=O)n1Cc1ccc(Cl)c(Cl)c1. The third-order valence-corrected chi connectivity index (χ3v) is 5.67. The van der Waals surface area contributed by atoms with Gasteiger partial charge in [-0.15, -0.1) is 0 Å². The molecule has 0 saturated heterocycles. The first-order chi connectivity index (χ1) is 15.4. The highest BCUT2D eigenvalue weighted by molar-refractivity contribution is 6.42. The molecule has 1 aromatic heterocycles. The Bertz CT molecular complexity index is 1350. The largest absolute Gasteiger partial charge is 0.444 e. The Morgan fingerprint density at radius 3 is 2.53 bits per heavy atom. The van der Waals surface area contributed by atoms with Crippen LogP contribution in [0.4, 0.5) is 10.5 Å². The molecule has 1 amide bonds. The van der Waals surface area contributed by atoms with Crippen LogP contribution >= 0.6 is 23.2 Å². The summed E-state index contributed by atoms with van der Waals surface area (Å²) in [4.78, 5) is 29.9. The zero-order chi connectivity index (χ0) is 22.7. The molecule has 162 valence electrons. The molecule has 0 aliphatic rings. The molecule has 8 heteroatoms. The predicted molar refractivity (Wildman–Crippen MR) is 127 cm³/mol. The fourth-order valence-electron chi connectivity index (χ4n) is 3.29. The first-order valence-corrected chi connectivity index (χ1v) is 10.6. The zero-order valence-electron chi connectivity index (χ0n) is 17.1. The third-order valence-electron chi connectivity index (χ3n) is 4.93. The van der Waals surface area contributed by atoms with Crippen molar-refractivity contribution in [2.45, 2.75) is 20.1 Å². The Labute approximate surface area is 194 Å². The fourth-order valence-corrected chi connectivity index (χ4v) is 3.61. The van der Waals surface area contributed by atoms with Gasteiger partial charge in [0.2, 0.25) is 0 Å². The van der Waals surface area contributed by atoms with Crippen LogP contribution in [-0.2, 0) is 17.9 Å². The monoisotopic (exact) mass is 467 g/mol. The molecule has 0 radical (unpaired) electrons. The fraction of sp³-hybridized carbons (Fsp3) is 0.125. The molecular weight excluding hydrogens is 449 g/mol. The lowest BCUT2D eigenvalue weighted by Crippen LogP contribution is -2.24. The van der Waals surface area contributed by atoms with Gasteiger partial charge < -0.3 is 4.74 Å².